The molecule has 2 radical (unpaired) electrons. The molecule has 0 heterocycles. The molecule has 0 unspecified atom stereocenters. The predicted molar refractivity (Wildman–Crippen MR) is 35.0 cm³/mol. The zero-order chi connectivity index (χ0) is 13.5. The van der Waals surface area contributed by atoms with Crippen molar-refractivity contribution < 1.29 is 133 Å². The van der Waals surface area contributed by atoms with Crippen molar-refractivity contribution in [2.75, 3.05) is 0 Å². The molecule has 0 rings (SSSR count). The van der Waals surface area contributed by atoms with Gasteiger partial charge in [0.2, 0.25) is 0 Å². The average molecular weight is 641 g/mol. The molecule has 0 saturated carbocycles. The quantitative estimate of drug-likeness (QED) is 0.178. The summed E-state index contributed by atoms with van der Waals surface area (Å²) in [6.07, 6.45) is 0. The van der Waals surface area contributed by atoms with Crippen LogP contribution in [-0.2, 0) is 31.2 Å². The van der Waals surface area contributed by atoms with Gasteiger partial charge in [-0.2, -0.15) is 0 Å². The van der Waals surface area contributed by atoms with Crippen LogP contribution in [0.4, 0.5) is 0 Å². The molecule has 2 N–H and O–H groups in total. The Labute approximate surface area is 161 Å². The van der Waals surface area contributed by atoms with Gasteiger partial charge in [0.15, 0.2) is 0 Å². The topological polar surface area (TPSA) is 272 Å². The fraction of sp³-hybridized carbons (Fsp3) is 0. The molecular formula is H2Er2O13S3. The first kappa shape index (κ1) is 36.9. The molecule has 13 nitrogen and oxygen atoms in total. The third-order valence-electron chi connectivity index (χ3n) is 0. The Morgan fingerprint density at radius 3 is 0.444 bits per heavy atom. The van der Waals surface area contributed by atoms with Crippen molar-refractivity contribution in [1.82, 2.24) is 0 Å². The van der Waals surface area contributed by atoms with E-state index in [0.717, 1.165) is 0 Å². The third-order valence-corrected chi connectivity index (χ3v) is 0. The Bertz CT molecular complexity index is 341. The molecule has 0 aliphatic heterocycles. The van der Waals surface area contributed by atoms with Gasteiger partial charge in [-0.1, -0.05) is 0 Å². The first-order valence-corrected chi connectivity index (χ1v) is 6.00. The Morgan fingerprint density at radius 1 is 0.444 bits per heavy atom. The smallest absolute Gasteiger partial charge is 0.759 e. The van der Waals surface area contributed by atoms with Crippen molar-refractivity contribution >= 4 is 31.2 Å². The van der Waals surface area contributed by atoms with E-state index in [4.69, 9.17) is 52.6 Å². The van der Waals surface area contributed by atoms with Gasteiger partial charge < -0.3 is 32.8 Å². The maximum Gasteiger partial charge on any atom is 3.00 e. The van der Waals surface area contributed by atoms with Crippen LogP contribution in [0.15, 0.2) is 0 Å². The molecule has 0 amide bonds. The Kier molecular flexibility index (Phi) is 31.6. The fourth-order valence-electron chi connectivity index (χ4n) is 0. The van der Waals surface area contributed by atoms with Gasteiger partial charge in [-0.05, 0) is 0 Å². The van der Waals surface area contributed by atoms with E-state index in [1.807, 2.05) is 0 Å². The van der Waals surface area contributed by atoms with Crippen LogP contribution in [0.5, 0.6) is 0 Å². The molecule has 0 aliphatic carbocycles. The van der Waals surface area contributed by atoms with E-state index >= 15 is 0 Å². The maximum atomic E-state index is 8.52. The summed E-state index contributed by atoms with van der Waals surface area (Å²) < 4.78 is 102. The molecule has 0 aliphatic rings. The fourth-order valence-corrected chi connectivity index (χ4v) is 0. The van der Waals surface area contributed by atoms with Gasteiger partial charge in [-0.15, -0.1) is 0 Å². The van der Waals surface area contributed by atoms with E-state index in [9.17, 15) is 0 Å². The maximum absolute atomic E-state index is 8.52. The van der Waals surface area contributed by atoms with Gasteiger partial charge in [0.25, 0.3) is 0 Å². The summed E-state index contributed by atoms with van der Waals surface area (Å²) in [5.41, 5.74) is 0. The summed E-state index contributed by atoms with van der Waals surface area (Å²) in [4.78, 5) is 0. The summed E-state index contributed by atoms with van der Waals surface area (Å²) >= 11 is 0. The van der Waals surface area contributed by atoms with Crippen LogP contribution in [0.25, 0.3) is 0 Å². The zero-order valence-electron chi connectivity index (χ0n) is 7.20. The number of hydrogen-bond donors (Lipinski definition) is 0. The van der Waals surface area contributed by atoms with Crippen LogP contribution in [0.1, 0.15) is 0 Å². The van der Waals surface area contributed by atoms with Crippen molar-refractivity contribution in [3.8, 4) is 0 Å². The minimum absolute atomic E-state index is 0. The van der Waals surface area contributed by atoms with E-state index in [2.05, 4.69) is 0 Å². The molecule has 0 spiro atoms. The standard InChI is InChI=1S/2Er.3H2O4S.H2O/c;;3*1-5(2,3)4;/h;;3*(H2,1,2,3,4);1H2/q2*+3;;;;/p-6. The van der Waals surface area contributed by atoms with Crippen LogP contribution in [0.2, 0.25) is 0 Å². The van der Waals surface area contributed by atoms with Gasteiger partial charge in [0.05, 0.1) is 0 Å². The van der Waals surface area contributed by atoms with Crippen LogP contribution in [-0.4, -0.2) is 58.0 Å². The second-order valence-corrected chi connectivity index (χ2v) is 3.67. The minimum Gasteiger partial charge on any atom is -0.759 e. The Hall–Kier alpha value is 2.06. The second kappa shape index (κ2) is 15.5. The first-order chi connectivity index (χ1) is 6.00. The summed E-state index contributed by atoms with van der Waals surface area (Å²) in [6, 6.07) is 0. The summed E-state index contributed by atoms with van der Waals surface area (Å²) in [7, 11) is -15.5. The van der Waals surface area contributed by atoms with E-state index in [-0.39, 0.29) is 80.1 Å². The minimum atomic E-state index is -5.17. The molecule has 0 aromatic rings. The van der Waals surface area contributed by atoms with Gasteiger partial charge >= 0.3 is 74.6 Å². The van der Waals surface area contributed by atoms with Crippen molar-refractivity contribution in [1.29, 1.82) is 0 Å². The first-order valence-electron chi connectivity index (χ1n) is 2.00. The van der Waals surface area contributed by atoms with Gasteiger partial charge in [0, 0.05) is 31.2 Å². The third kappa shape index (κ3) is 1240. The van der Waals surface area contributed by atoms with Gasteiger partial charge in [-0.25, -0.2) is 0 Å². The molecule has 18 heavy (non-hydrogen) atoms. The van der Waals surface area contributed by atoms with Crippen molar-refractivity contribution in [3.05, 3.63) is 0 Å². The zero-order valence-corrected chi connectivity index (χ0v) is 13.4. The van der Waals surface area contributed by atoms with Crippen molar-refractivity contribution in [3.63, 3.8) is 0 Å². The molecule has 0 aromatic heterocycles. The van der Waals surface area contributed by atoms with Gasteiger partial charge in [0.1, 0.15) is 0 Å². The average Bonchev–Trinajstić information content (AvgIpc) is 1.41. The summed E-state index contributed by atoms with van der Waals surface area (Å²) in [5.74, 6) is 0. The van der Waals surface area contributed by atoms with Crippen LogP contribution >= 0.6 is 0 Å². The molecule has 0 fully saturated rings. The monoisotopic (exact) mass is 638 g/mol. The Balaban J connectivity index is -0.0000000277. The van der Waals surface area contributed by atoms with Crippen LogP contribution in [0.3, 0.4) is 0 Å². The van der Waals surface area contributed by atoms with Crippen molar-refractivity contribution in [2.24, 2.45) is 0 Å². The second-order valence-electron chi connectivity index (χ2n) is 1.22. The van der Waals surface area contributed by atoms with E-state index < -0.39 is 31.2 Å². The predicted octanol–water partition coefficient (Wildman–Crippen LogP) is -4.84. The van der Waals surface area contributed by atoms with E-state index in [1.165, 1.54) is 0 Å². The Morgan fingerprint density at radius 2 is 0.444 bits per heavy atom. The molecular weight excluding hydrogens is 639 g/mol. The number of rotatable bonds is 0. The largest absolute Gasteiger partial charge is 3.00 e. The SMILES string of the molecule is O.O=S(=O)([O-])[O-].O=S(=O)([O-])[O-].O=S(=O)([O-])[O-].[Er+3].[Er+3]. The molecule has 122 valence electrons. The van der Waals surface area contributed by atoms with Crippen LogP contribution in [0, 0.1) is 74.6 Å². The molecule has 0 aromatic carbocycles. The summed E-state index contributed by atoms with van der Waals surface area (Å²) in [6.45, 7) is 0. The molecule has 18 heteroatoms. The van der Waals surface area contributed by atoms with E-state index in [1.54, 1.807) is 0 Å². The normalized spacial score (nSPS) is 9.67. The molecule has 0 saturated heterocycles. The van der Waals surface area contributed by atoms with E-state index in [0.29, 0.717) is 0 Å². The van der Waals surface area contributed by atoms with Crippen LogP contribution < -0.4 is 0 Å². The summed E-state index contributed by atoms with van der Waals surface area (Å²) in [5, 5.41) is 0. The molecule has 0 atom stereocenters. The number of hydrogen-bond acceptors (Lipinski definition) is 12. The molecule has 0 bridgehead atoms. The van der Waals surface area contributed by atoms with Gasteiger partial charge in [-0.3, -0.25) is 25.3 Å². The van der Waals surface area contributed by atoms with Crippen molar-refractivity contribution in [2.45, 2.75) is 0 Å².